The highest BCUT2D eigenvalue weighted by atomic mass is 19.4. The lowest BCUT2D eigenvalue weighted by Gasteiger charge is -2.16. The van der Waals surface area contributed by atoms with Gasteiger partial charge in [0.2, 0.25) is 5.88 Å². The number of hydrogen-bond acceptors (Lipinski definition) is 4. The fraction of sp³-hybridized carbons (Fsp3) is 0.400. The van der Waals surface area contributed by atoms with E-state index in [4.69, 9.17) is 5.26 Å². The molecule has 1 aromatic rings. The number of methoxy groups -OCH3 is 1. The van der Waals surface area contributed by atoms with Crippen molar-refractivity contribution in [3.8, 4) is 17.7 Å². The number of pyridine rings is 1. The zero-order valence-electron chi connectivity index (χ0n) is 9.76. The Morgan fingerprint density at radius 1 is 1.25 bits per heavy atom. The van der Waals surface area contributed by atoms with Gasteiger partial charge in [0, 0.05) is 5.56 Å². The maximum Gasteiger partial charge on any atom is 0.573 e. The van der Waals surface area contributed by atoms with Crippen LogP contribution in [0, 0.1) is 11.3 Å². The van der Waals surface area contributed by atoms with Crippen molar-refractivity contribution in [3.05, 3.63) is 17.3 Å². The normalized spacial score (nSPS) is 11.9. The molecule has 0 spiro atoms. The molecule has 10 heteroatoms. The average molecular weight is 300 g/mol. The summed E-state index contributed by atoms with van der Waals surface area (Å²) < 4.78 is 82.0. The van der Waals surface area contributed by atoms with E-state index >= 15 is 0 Å². The third kappa shape index (κ3) is 3.91. The molecule has 0 atom stereocenters. The molecular weight excluding hydrogens is 294 g/mol. The Bertz CT molecular complexity index is 532. The number of alkyl halides is 6. The van der Waals surface area contributed by atoms with Gasteiger partial charge in [-0.15, -0.1) is 13.2 Å². The van der Waals surface area contributed by atoms with E-state index in [0.29, 0.717) is 6.07 Å². The lowest BCUT2D eigenvalue weighted by Crippen LogP contribution is -2.21. The van der Waals surface area contributed by atoms with Crippen molar-refractivity contribution >= 4 is 0 Å². The van der Waals surface area contributed by atoms with Crippen LogP contribution in [0.5, 0.6) is 11.6 Å². The van der Waals surface area contributed by atoms with E-state index in [1.807, 2.05) is 0 Å². The zero-order valence-corrected chi connectivity index (χ0v) is 9.76. The topological polar surface area (TPSA) is 55.1 Å². The van der Waals surface area contributed by atoms with E-state index in [1.54, 1.807) is 6.07 Å². The van der Waals surface area contributed by atoms with E-state index in [0.717, 1.165) is 7.11 Å². The Kier molecular flexibility index (Phi) is 4.32. The maximum absolute atomic E-state index is 12.6. The van der Waals surface area contributed by atoms with Gasteiger partial charge in [-0.1, -0.05) is 0 Å². The number of nitriles is 1. The van der Waals surface area contributed by atoms with Crippen molar-refractivity contribution in [2.24, 2.45) is 0 Å². The standard InChI is InChI=1S/C10H6F6N2O2/c1-19-8-5(2-3-17)4-6(20-10(14,15)16)7(18-8)9(11,12)13/h4H,2H2,1H3. The molecule has 0 radical (unpaired) electrons. The quantitative estimate of drug-likeness (QED) is 0.805. The molecule has 1 rings (SSSR count). The predicted molar refractivity (Wildman–Crippen MR) is 51.8 cm³/mol. The first-order chi connectivity index (χ1) is 9.08. The molecule has 110 valence electrons. The van der Waals surface area contributed by atoms with Crippen LogP contribution in [0.2, 0.25) is 0 Å². The Labute approximate surface area is 108 Å². The van der Waals surface area contributed by atoms with E-state index in [2.05, 4.69) is 14.5 Å². The van der Waals surface area contributed by atoms with Crippen molar-refractivity contribution in [2.45, 2.75) is 19.0 Å². The van der Waals surface area contributed by atoms with Crippen LogP contribution < -0.4 is 9.47 Å². The van der Waals surface area contributed by atoms with Gasteiger partial charge >= 0.3 is 12.5 Å². The Morgan fingerprint density at radius 3 is 2.25 bits per heavy atom. The summed E-state index contributed by atoms with van der Waals surface area (Å²) in [6.07, 6.45) is -11.0. The van der Waals surface area contributed by atoms with Gasteiger partial charge in [0.15, 0.2) is 11.4 Å². The van der Waals surface area contributed by atoms with Crippen LogP contribution >= 0.6 is 0 Å². The summed E-state index contributed by atoms with van der Waals surface area (Å²) >= 11 is 0. The highest BCUT2D eigenvalue weighted by Gasteiger charge is 2.41. The summed E-state index contributed by atoms with van der Waals surface area (Å²) in [5, 5.41) is 8.47. The molecule has 0 aliphatic heterocycles. The molecule has 0 aromatic carbocycles. The number of hydrogen-bond donors (Lipinski definition) is 0. The van der Waals surface area contributed by atoms with Gasteiger partial charge in [-0.05, 0) is 6.07 Å². The number of rotatable bonds is 3. The second-order valence-electron chi connectivity index (χ2n) is 3.38. The molecule has 0 aliphatic rings. The van der Waals surface area contributed by atoms with Crippen LogP contribution in [-0.4, -0.2) is 18.5 Å². The van der Waals surface area contributed by atoms with Gasteiger partial charge in [0.05, 0.1) is 19.6 Å². The summed E-state index contributed by atoms with van der Waals surface area (Å²) in [6.45, 7) is 0. The Hall–Kier alpha value is -2.18. The van der Waals surface area contributed by atoms with Gasteiger partial charge in [-0.2, -0.15) is 18.4 Å². The van der Waals surface area contributed by atoms with E-state index in [-0.39, 0.29) is 5.56 Å². The third-order valence-corrected chi connectivity index (χ3v) is 1.98. The summed E-state index contributed by atoms with van der Waals surface area (Å²) in [6, 6.07) is 2.00. The van der Waals surface area contributed by atoms with Crippen molar-refractivity contribution in [1.82, 2.24) is 4.98 Å². The third-order valence-electron chi connectivity index (χ3n) is 1.98. The largest absolute Gasteiger partial charge is 0.573 e. The fourth-order valence-electron chi connectivity index (χ4n) is 1.31. The predicted octanol–water partition coefficient (Wildman–Crippen LogP) is 3.07. The van der Waals surface area contributed by atoms with Gasteiger partial charge < -0.3 is 9.47 Å². The molecule has 0 fully saturated rings. The van der Waals surface area contributed by atoms with Crippen LogP contribution in [0.15, 0.2) is 6.07 Å². The Balaban J connectivity index is 3.45. The van der Waals surface area contributed by atoms with Crippen LogP contribution in [-0.2, 0) is 12.6 Å². The van der Waals surface area contributed by atoms with Crippen molar-refractivity contribution in [3.63, 3.8) is 0 Å². The molecule has 0 saturated carbocycles. The van der Waals surface area contributed by atoms with Crippen molar-refractivity contribution in [1.29, 1.82) is 5.26 Å². The van der Waals surface area contributed by atoms with Crippen LogP contribution in [0.4, 0.5) is 26.3 Å². The molecule has 0 unspecified atom stereocenters. The lowest BCUT2D eigenvalue weighted by molar-refractivity contribution is -0.276. The highest BCUT2D eigenvalue weighted by molar-refractivity contribution is 5.41. The molecule has 0 N–H and O–H groups in total. The van der Waals surface area contributed by atoms with Gasteiger partial charge in [0.1, 0.15) is 0 Å². The van der Waals surface area contributed by atoms with Crippen LogP contribution in [0.3, 0.4) is 0 Å². The van der Waals surface area contributed by atoms with E-state index in [1.165, 1.54) is 0 Å². The second kappa shape index (κ2) is 5.44. The molecule has 0 bridgehead atoms. The van der Waals surface area contributed by atoms with Crippen LogP contribution in [0.1, 0.15) is 11.3 Å². The first-order valence-corrected chi connectivity index (χ1v) is 4.86. The number of ether oxygens (including phenoxy) is 2. The zero-order chi connectivity index (χ0) is 15.6. The number of halogens is 6. The smallest absolute Gasteiger partial charge is 0.481 e. The van der Waals surface area contributed by atoms with Crippen LogP contribution in [0.25, 0.3) is 0 Å². The molecule has 0 saturated heterocycles. The molecule has 0 aliphatic carbocycles. The van der Waals surface area contributed by atoms with Gasteiger partial charge in [-0.25, -0.2) is 4.98 Å². The highest BCUT2D eigenvalue weighted by Crippen LogP contribution is 2.39. The minimum atomic E-state index is -5.32. The minimum absolute atomic E-state index is 0.248. The first-order valence-electron chi connectivity index (χ1n) is 4.86. The van der Waals surface area contributed by atoms with Gasteiger partial charge in [0.25, 0.3) is 0 Å². The lowest BCUT2D eigenvalue weighted by atomic mass is 10.1. The summed E-state index contributed by atoms with van der Waals surface area (Å²) in [5.74, 6) is -2.12. The molecule has 1 heterocycles. The number of aromatic nitrogens is 1. The summed E-state index contributed by atoms with van der Waals surface area (Å²) in [5.41, 5.74) is -2.13. The summed E-state index contributed by atoms with van der Waals surface area (Å²) in [7, 11) is 0.980. The fourth-order valence-corrected chi connectivity index (χ4v) is 1.31. The Morgan fingerprint density at radius 2 is 1.85 bits per heavy atom. The second-order valence-corrected chi connectivity index (χ2v) is 3.38. The minimum Gasteiger partial charge on any atom is -0.481 e. The van der Waals surface area contributed by atoms with E-state index in [9.17, 15) is 26.3 Å². The molecular formula is C10H6F6N2O2. The SMILES string of the molecule is COc1nc(C(F)(F)F)c(OC(F)(F)F)cc1CC#N. The summed E-state index contributed by atoms with van der Waals surface area (Å²) in [4.78, 5) is 2.94. The molecule has 1 aromatic heterocycles. The van der Waals surface area contributed by atoms with Crippen molar-refractivity contribution < 1.29 is 35.8 Å². The maximum atomic E-state index is 12.6. The number of nitrogens with zero attached hydrogens (tertiary/aromatic N) is 2. The molecule has 4 nitrogen and oxygen atoms in total. The monoisotopic (exact) mass is 300 g/mol. The average Bonchev–Trinajstić information content (AvgIpc) is 2.25. The van der Waals surface area contributed by atoms with Crippen molar-refractivity contribution in [2.75, 3.05) is 7.11 Å². The van der Waals surface area contributed by atoms with Gasteiger partial charge in [-0.3, -0.25) is 0 Å². The molecule has 20 heavy (non-hydrogen) atoms. The first kappa shape index (κ1) is 15.9. The molecule has 0 amide bonds. The van der Waals surface area contributed by atoms with E-state index < -0.39 is 36.3 Å².